The Morgan fingerprint density at radius 2 is 1.38 bits per heavy atom. The van der Waals surface area contributed by atoms with Gasteiger partial charge < -0.3 is 9.47 Å². The number of halogens is 4. The highest BCUT2D eigenvalue weighted by atomic mass is 19.1. The van der Waals surface area contributed by atoms with E-state index in [2.05, 4.69) is 15.3 Å². The fraction of sp³-hybridized carbons (Fsp3) is 0.194. The molecule has 2 aromatic heterocycles. The first-order valence-corrected chi connectivity index (χ1v) is 12.9. The molecule has 0 aliphatic heterocycles. The van der Waals surface area contributed by atoms with Crippen LogP contribution in [0.2, 0.25) is 0 Å². The Hall–Kier alpha value is -4.93. The highest BCUT2D eigenvalue weighted by Gasteiger charge is 2.10. The molecule has 1 N–H and O–H groups in total. The average Bonchev–Trinajstić information content (AvgIpc) is 3.62. The van der Waals surface area contributed by atoms with Crippen molar-refractivity contribution in [2.24, 2.45) is 7.05 Å². The molecule has 0 saturated heterocycles. The number of carbonyl (C=O) groups excluding carboxylic acids is 1. The summed E-state index contributed by atoms with van der Waals surface area (Å²) in [7, 11) is 1.84. The number of hydrogen-bond donors (Lipinski definition) is 1. The number of aromatic amines is 1. The molecule has 0 fully saturated rings. The van der Waals surface area contributed by atoms with Crippen LogP contribution in [0.15, 0.2) is 79.1 Å². The molecule has 0 atom stereocenters. The Morgan fingerprint density at radius 1 is 0.810 bits per heavy atom. The number of carbonyl (C=O) groups is 1. The zero-order valence-electron chi connectivity index (χ0n) is 23.5. The summed E-state index contributed by atoms with van der Waals surface area (Å²) >= 11 is 0. The third kappa shape index (κ3) is 8.79. The van der Waals surface area contributed by atoms with Gasteiger partial charge in [0.25, 0.3) is 0 Å². The minimum absolute atomic E-state index is 0.0774. The lowest BCUT2D eigenvalue weighted by molar-refractivity contribution is 0.101. The van der Waals surface area contributed by atoms with Gasteiger partial charge in [0, 0.05) is 48.8 Å². The lowest BCUT2D eigenvalue weighted by atomic mass is 10.1. The minimum Gasteiger partial charge on any atom is -0.493 e. The predicted molar refractivity (Wildman–Crippen MR) is 151 cm³/mol. The van der Waals surface area contributed by atoms with Gasteiger partial charge in [-0.3, -0.25) is 14.6 Å². The van der Waals surface area contributed by atoms with Crippen LogP contribution in [0, 0.1) is 23.3 Å². The molecule has 0 spiro atoms. The highest BCUT2D eigenvalue weighted by molar-refractivity contribution is 5.94. The number of ether oxygens (including phenoxy) is 2. The van der Waals surface area contributed by atoms with Crippen molar-refractivity contribution in [1.82, 2.24) is 20.0 Å². The number of Topliss-reactive ketones (excluding diaryl/α,β-unsaturated/α-hetero) is 1. The Kier molecular flexibility index (Phi) is 11.4. The summed E-state index contributed by atoms with van der Waals surface area (Å²) in [5.41, 5.74) is 3.15. The fourth-order valence-electron chi connectivity index (χ4n) is 3.72. The Morgan fingerprint density at radius 3 is 1.88 bits per heavy atom. The summed E-state index contributed by atoms with van der Waals surface area (Å²) in [6.45, 7) is 5.97. The molecule has 3 aromatic carbocycles. The maximum Gasteiger partial charge on any atom is 0.162 e. The van der Waals surface area contributed by atoms with Gasteiger partial charge in [-0.25, -0.2) is 17.6 Å². The Bertz CT molecular complexity index is 1600. The molecular formula is C31H30F4N4O3. The van der Waals surface area contributed by atoms with Crippen LogP contribution in [-0.4, -0.2) is 39.0 Å². The molecule has 11 heteroatoms. The van der Waals surface area contributed by atoms with E-state index < -0.39 is 17.4 Å². The van der Waals surface area contributed by atoms with Gasteiger partial charge in [0.1, 0.15) is 34.8 Å². The molecule has 42 heavy (non-hydrogen) atoms. The number of benzene rings is 3. The van der Waals surface area contributed by atoms with Crippen molar-refractivity contribution in [3.05, 3.63) is 108 Å². The number of ketones is 1. The number of rotatable bonds is 7. The zero-order valence-corrected chi connectivity index (χ0v) is 23.5. The SMILES string of the molecule is CC(=O)c1ccc(F)cc1F.CCOc1cc(F)ccc1-c1ccn(C)n1.CCOc1cc(F)ccc1-c1ccn[nH]1. The smallest absolute Gasteiger partial charge is 0.162 e. The molecule has 0 radical (unpaired) electrons. The van der Waals surface area contributed by atoms with Crippen molar-refractivity contribution >= 4 is 5.78 Å². The predicted octanol–water partition coefficient (Wildman–Crippen LogP) is 7.41. The van der Waals surface area contributed by atoms with Crippen LogP contribution in [0.3, 0.4) is 0 Å². The van der Waals surface area contributed by atoms with Gasteiger partial charge in [-0.2, -0.15) is 10.2 Å². The monoisotopic (exact) mass is 582 g/mol. The van der Waals surface area contributed by atoms with E-state index in [4.69, 9.17) is 9.47 Å². The molecule has 7 nitrogen and oxygen atoms in total. The van der Waals surface area contributed by atoms with E-state index in [9.17, 15) is 22.4 Å². The van der Waals surface area contributed by atoms with Crippen LogP contribution in [-0.2, 0) is 7.05 Å². The summed E-state index contributed by atoms with van der Waals surface area (Å²) in [5.74, 6) is -1.43. The average molecular weight is 583 g/mol. The zero-order chi connectivity index (χ0) is 30.6. The normalized spacial score (nSPS) is 10.2. The highest BCUT2D eigenvalue weighted by Crippen LogP contribution is 2.30. The first-order valence-electron chi connectivity index (χ1n) is 12.9. The third-order valence-corrected chi connectivity index (χ3v) is 5.58. The Balaban J connectivity index is 0.000000176. The minimum atomic E-state index is -0.808. The van der Waals surface area contributed by atoms with Gasteiger partial charge in [-0.1, -0.05) is 0 Å². The van der Waals surface area contributed by atoms with Crippen LogP contribution in [0.5, 0.6) is 11.5 Å². The molecule has 0 bridgehead atoms. The number of aromatic nitrogens is 4. The molecule has 0 saturated carbocycles. The maximum atomic E-state index is 13.1. The van der Waals surface area contributed by atoms with Gasteiger partial charge in [-0.15, -0.1) is 0 Å². The molecule has 5 aromatic rings. The van der Waals surface area contributed by atoms with Crippen molar-refractivity contribution in [2.75, 3.05) is 13.2 Å². The van der Waals surface area contributed by atoms with Crippen molar-refractivity contribution in [2.45, 2.75) is 20.8 Å². The standard InChI is InChI=1S/C12H13FN2O.C11H11FN2O.C8H6F2O/c1-3-16-12-8-9(13)4-5-10(12)11-6-7-15(2)14-11;1-2-15-11-7-8(12)3-4-9(11)10-5-6-13-14-10;1-5(11)7-3-2-6(9)4-8(7)10/h4-8H,3H2,1-2H3;3-7H,2H2,1H3,(H,13,14);2-4H,1H3. The quantitative estimate of drug-likeness (QED) is 0.160. The van der Waals surface area contributed by atoms with Crippen LogP contribution in [0.25, 0.3) is 22.5 Å². The van der Waals surface area contributed by atoms with E-state index in [-0.39, 0.29) is 17.2 Å². The van der Waals surface area contributed by atoms with Crippen molar-refractivity contribution in [3.8, 4) is 34.0 Å². The van der Waals surface area contributed by atoms with E-state index in [0.717, 1.165) is 34.6 Å². The molecule has 0 amide bonds. The number of nitrogens with zero attached hydrogens (tertiary/aromatic N) is 3. The van der Waals surface area contributed by atoms with E-state index in [1.54, 1.807) is 23.0 Å². The van der Waals surface area contributed by atoms with Crippen LogP contribution in [0.1, 0.15) is 31.1 Å². The van der Waals surface area contributed by atoms with Crippen molar-refractivity contribution in [1.29, 1.82) is 0 Å². The molecule has 0 aliphatic rings. The number of hydrogen-bond acceptors (Lipinski definition) is 5. The van der Waals surface area contributed by atoms with Crippen molar-refractivity contribution < 1.29 is 31.8 Å². The fourth-order valence-corrected chi connectivity index (χ4v) is 3.72. The lowest BCUT2D eigenvalue weighted by Crippen LogP contribution is -1.96. The third-order valence-electron chi connectivity index (χ3n) is 5.58. The summed E-state index contributed by atoms with van der Waals surface area (Å²) in [6.07, 6.45) is 3.49. The topological polar surface area (TPSA) is 82.0 Å². The van der Waals surface area contributed by atoms with Crippen LogP contribution < -0.4 is 9.47 Å². The van der Waals surface area contributed by atoms with Crippen LogP contribution >= 0.6 is 0 Å². The summed E-state index contributed by atoms with van der Waals surface area (Å²) < 4.78 is 63.4. The summed E-state index contributed by atoms with van der Waals surface area (Å²) in [5, 5.41) is 10.9. The van der Waals surface area contributed by atoms with Gasteiger partial charge in [0.15, 0.2) is 5.78 Å². The molecule has 2 heterocycles. The second kappa shape index (κ2) is 15.2. The molecule has 220 valence electrons. The van der Waals surface area contributed by atoms with Crippen molar-refractivity contribution in [3.63, 3.8) is 0 Å². The number of nitrogens with one attached hydrogen (secondary N) is 1. The van der Waals surface area contributed by atoms with E-state index in [1.165, 1.54) is 31.2 Å². The lowest BCUT2D eigenvalue weighted by Gasteiger charge is -2.08. The van der Waals surface area contributed by atoms with Crippen LogP contribution in [0.4, 0.5) is 17.6 Å². The molecular weight excluding hydrogens is 552 g/mol. The van der Waals surface area contributed by atoms with E-state index >= 15 is 0 Å². The van der Waals surface area contributed by atoms with E-state index in [1.807, 2.05) is 39.2 Å². The Labute approximate surface area is 240 Å². The summed E-state index contributed by atoms with van der Waals surface area (Å²) in [4.78, 5) is 10.6. The summed E-state index contributed by atoms with van der Waals surface area (Å²) in [6, 6.07) is 15.5. The number of H-pyrrole nitrogens is 1. The second-order valence-corrected chi connectivity index (χ2v) is 8.67. The number of aryl methyl sites for hydroxylation is 1. The van der Waals surface area contributed by atoms with Gasteiger partial charge >= 0.3 is 0 Å². The van der Waals surface area contributed by atoms with Gasteiger partial charge in [0.05, 0.1) is 30.2 Å². The largest absolute Gasteiger partial charge is 0.493 e. The van der Waals surface area contributed by atoms with E-state index in [0.29, 0.717) is 30.8 Å². The van der Waals surface area contributed by atoms with Gasteiger partial charge in [-0.05, 0) is 69.3 Å². The molecule has 5 rings (SSSR count). The second-order valence-electron chi connectivity index (χ2n) is 8.67. The maximum absolute atomic E-state index is 13.1. The first kappa shape index (κ1) is 31.6. The molecule has 0 aliphatic carbocycles. The van der Waals surface area contributed by atoms with Gasteiger partial charge in [0.2, 0.25) is 0 Å². The molecule has 0 unspecified atom stereocenters. The first-order chi connectivity index (χ1) is 20.1.